The van der Waals surface area contributed by atoms with Crippen molar-refractivity contribution < 1.29 is 28.2 Å². The number of esters is 2. The van der Waals surface area contributed by atoms with Gasteiger partial charge in [-0.1, -0.05) is 12.1 Å². The van der Waals surface area contributed by atoms with Crippen LogP contribution in [-0.4, -0.2) is 42.8 Å². The number of halogens is 1. The van der Waals surface area contributed by atoms with Gasteiger partial charge in [-0.25, -0.2) is 4.39 Å². The van der Waals surface area contributed by atoms with Crippen LogP contribution >= 0.6 is 0 Å². The van der Waals surface area contributed by atoms with Gasteiger partial charge in [0.05, 0.1) is 7.11 Å². The highest BCUT2D eigenvalue weighted by Crippen LogP contribution is 2.39. The van der Waals surface area contributed by atoms with Crippen LogP contribution in [0, 0.1) is 11.7 Å². The van der Waals surface area contributed by atoms with Crippen molar-refractivity contribution in [3.63, 3.8) is 0 Å². The Bertz CT molecular complexity index is 914. The molecule has 0 fully saturated rings. The summed E-state index contributed by atoms with van der Waals surface area (Å²) >= 11 is 0. The number of benzene rings is 1. The number of hydrogen-bond acceptors (Lipinski definition) is 6. The van der Waals surface area contributed by atoms with E-state index in [2.05, 4.69) is 10.3 Å². The van der Waals surface area contributed by atoms with Crippen molar-refractivity contribution >= 4 is 23.6 Å². The molecule has 0 aromatic heterocycles. The highest BCUT2D eigenvalue weighted by Gasteiger charge is 2.41. The Hall–Kier alpha value is -3.03. The number of nitrogens with one attached hydrogen (secondary N) is 1. The van der Waals surface area contributed by atoms with E-state index < -0.39 is 41.1 Å². The van der Waals surface area contributed by atoms with E-state index >= 15 is 0 Å². The number of carbonyl (C=O) groups excluding carboxylic acids is 3. The zero-order chi connectivity index (χ0) is 22.6. The maximum absolute atomic E-state index is 13.9. The third-order valence-corrected chi connectivity index (χ3v) is 4.55. The summed E-state index contributed by atoms with van der Waals surface area (Å²) in [5.74, 6) is -3.99. The maximum atomic E-state index is 13.9. The number of allylic oxidation sites excluding steroid dienone is 1. The zero-order valence-corrected chi connectivity index (χ0v) is 18.0. The summed E-state index contributed by atoms with van der Waals surface area (Å²) in [6.45, 7) is 8.10. The quantitative estimate of drug-likeness (QED) is 0.742. The van der Waals surface area contributed by atoms with Crippen molar-refractivity contribution in [3.8, 4) is 0 Å². The second-order valence-corrected chi connectivity index (χ2v) is 8.05. The summed E-state index contributed by atoms with van der Waals surface area (Å²) in [5.41, 5.74) is 0.746. The van der Waals surface area contributed by atoms with E-state index in [0.29, 0.717) is 17.0 Å². The maximum Gasteiger partial charge on any atom is 0.325 e. The summed E-state index contributed by atoms with van der Waals surface area (Å²) in [6, 6.07) is 5.69. The topological polar surface area (TPSA) is 94.1 Å². The minimum absolute atomic E-state index is 0.171. The average molecular weight is 418 g/mol. The molecule has 1 aliphatic heterocycles. The van der Waals surface area contributed by atoms with Crippen LogP contribution in [0.3, 0.4) is 0 Å². The number of rotatable bonds is 5. The molecule has 1 heterocycles. The molecule has 1 aliphatic rings. The van der Waals surface area contributed by atoms with Crippen LogP contribution in [0.15, 0.2) is 40.5 Å². The van der Waals surface area contributed by atoms with Gasteiger partial charge in [0.2, 0.25) is 5.91 Å². The molecule has 1 aromatic rings. The molecule has 7 nitrogen and oxygen atoms in total. The number of nitrogens with zero attached hydrogens (tertiary/aromatic N) is 1. The van der Waals surface area contributed by atoms with Gasteiger partial charge in [-0.3, -0.25) is 19.4 Å². The highest BCUT2D eigenvalue weighted by atomic mass is 19.1. The van der Waals surface area contributed by atoms with Crippen molar-refractivity contribution in [2.24, 2.45) is 10.9 Å². The predicted octanol–water partition coefficient (Wildman–Crippen LogP) is 2.90. The third kappa shape index (κ3) is 5.52. The van der Waals surface area contributed by atoms with Gasteiger partial charge in [-0.15, -0.1) is 0 Å². The SMILES string of the molecule is COC(=O)C1C(C)=NC(C)=C(C(=O)NCC(=O)OC(C)(C)C)C1c1cccc(F)c1. The van der Waals surface area contributed by atoms with Crippen LogP contribution in [-0.2, 0) is 23.9 Å². The third-order valence-electron chi connectivity index (χ3n) is 4.55. The van der Waals surface area contributed by atoms with Crippen LogP contribution in [0.25, 0.3) is 0 Å². The van der Waals surface area contributed by atoms with Crippen molar-refractivity contribution in [1.29, 1.82) is 0 Å². The summed E-state index contributed by atoms with van der Waals surface area (Å²) in [6.07, 6.45) is 0. The van der Waals surface area contributed by atoms with Crippen LogP contribution in [0.1, 0.15) is 46.1 Å². The lowest BCUT2D eigenvalue weighted by Gasteiger charge is -2.31. The van der Waals surface area contributed by atoms with Crippen molar-refractivity contribution in [2.45, 2.75) is 46.1 Å². The fraction of sp³-hybridized carbons (Fsp3) is 0.455. The molecule has 1 amide bonds. The first-order valence-electron chi connectivity index (χ1n) is 9.54. The van der Waals surface area contributed by atoms with E-state index in [-0.39, 0.29) is 12.1 Å². The molecule has 0 bridgehead atoms. The molecule has 0 saturated heterocycles. The number of methoxy groups -OCH3 is 1. The molecule has 1 N–H and O–H groups in total. The van der Waals surface area contributed by atoms with Gasteiger partial charge in [0.25, 0.3) is 0 Å². The van der Waals surface area contributed by atoms with Gasteiger partial charge < -0.3 is 14.8 Å². The lowest BCUT2D eigenvalue weighted by molar-refractivity contribution is -0.154. The molecule has 0 saturated carbocycles. The summed E-state index contributed by atoms with van der Waals surface area (Å²) in [4.78, 5) is 41.9. The Morgan fingerprint density at radius 3 is 2.43 bits per heavy atom. The molecule has 30 heavy (non-hydrogen) atoms. The molecule has 0 aliphatic carbocycles. The Labute approximate surface area is 175 Å². The lowest BCUT2D eigenvalue weighted by atomic mass is 9.75. The van der Waals surface area contributed by atoms with E-state index in [0.717, 1.165) is 0 Å². The summed E-state index contributed by atoms with van der Waals surface area (Å²) in [7, 11) is 1.24. The van der Waals surface area contributed by atoms with Crippen molar-refractivity contribution in [3.05, 3.63) is 46.9 Å². The number of aliphatic imine (C=N–C) groups is 1. The second kappa shape index (κ2) is 9.19. The fourth-order valence-corrected chi connectivity index (χ4v) is 3.45. The number of carbonyl (C=O) groups is 3. The first-order chi connectivity index (χ1) is 13.9. The highest BCUT2D eigenvalue weighted by molar-refractivity contribution is 6.08. The molecule has 0 spiro atoms. The fourth-order valence-electron chi connectivity index (χ4n) is 3.45. The molecule has 8 heteroatoms. The Kier molecular flexibility index (Phi) is 7.12. The van der Waals surface area contributed by atoms with Gasteiger partial charge in [0, 0.05) is 22.9 Å². The predicted molar refractivity (Wildman–Crippen MR) is 109 cm³/mol. The second-order valence-electron chi connectivity index (χ2n) is 8.05. The molecule has 2 rings (SSSR count). The normalized spacial score (nSPS) is 19.1. The van der Waals surface area contributed by atoms with Crippen LogP contribution in [0.2, 0.25) is 0 Å². The van der Waals surface area contributed by atoms with Gasteiger partial charge in [-0.2, -0.15) is 0 Å². The monoisotopic (exact) mass is 418 g/mol. The van der Waals surface area contributed by atoms with E-state index in [4.69, 9.17) is 9.47 Å². The van der Waals surface area contributed by atoms with Gasteiger partial charge in [-0.05, 0) is 52.3 Å². The first kappa shape index (κ1) is 23.3. The molecule has 0 radical (unpaired) electrons. The first-order valence-corrected chi connectivity index (χ1v) is 9.54. The van der Waals surface area contributed by atoms with Crippen LogP contribution in [0.5, 0.6) is 0 Å². The van der Waals surface area contributed by atoms with Gasteiger partial charge in [0.1, 0.15) is 23.9 Å². The number of hydrogen-bond donors (Lipinski definition) is 1. The number of amides is 1. The standard InChI is InChI=1S/C22H27FN2O5/c1-12-17(20(27)24-11-16(26)30-22(3,4)5)19(14-8-7-9-15(23)10-14)18(13(2)25-12)21(28)29-6/h7-10,18-19H,11H2,1-6H3,(H,24,27). The summed E-state index contributed by atoms with van der Waals surface area (Å²) < 4.78 is 24.1. The van der Waals surface area contributed by atoms with E-state index in [1.165, 1.54) is 25.3 Å². The molecule has 2 unspecified atom stereocenters. The molecule has 2 atom stereocenters. The smallest absolute Gasteiger partial charge is 0.325 e. The number of ether oxygens (including phenoxy) is 2. The molecule has 162 valence electrons. The van der Waals surface area contributed by atoms with E-state index in [1.54, 1.807) is 40.7 Å². The van der Waals surface area contributed by atoms with E-state index in [1.807, 2.05) is 0 Å². The Morgan fingerprint density at radius 1 is 1.20 bits per heavy atom. The largest absolute Gasteiger partial charge is 0.468 e. The van der Waals surface area contributed by atoms with Crippen LogP contribution in [0.4, 0.5) is 4.39 Å². The Morgan fingerprint density at radius 2 is 1.87 bits per heavy atom. The minimum Gasteiger partial charge on any atom is -0.468 e. The van der Waals surface area contributed by atoms with Crippen molar-refractivity contribution in [2.75, 3.05) is 13.7 Å². The molecular formula is C22H27FN2O5. The average Bonchev–Trinajstić information content (AvgIpc) is 2.63. The Balaban J connectivity index is 2.42. The van der Waals surface area contributed by atoms with E-state index in [9.17, 15) is 18.8 Å². The lowest BCUT2D eigenvalue weighted by Crippen LogP contribution is -2.41. The molecule has 1 aromatic carbocycles. The summed E-state index contributed by atoms with van der Waals surface area (Å²) in [5, 5.41) is 2.53. The van der Waals surface area contributed by atoms with Gasteiger partial charge >= 0.3 is 11.9 Å². The zero-order valence-electron chi connectivity index (χ0n) is 18.0. The van der Waals surface area contributed by atoms with Crippen molar-refractivity contribution in [1.82, 2.24) is 5.32 Å². The minimum atomic E-state index is -0.900. The van der Waals surface area contributed by atoms with Gasteiger partial charge in [0.15, 0.2) is 0 Å². The molecular weight excluding hydrogens is 391 g/mol. The van der Waals surface area contributed by atoms with Crippen LogP contribution < -0.4 is 5.32 Å².